The summed E-state index contributed by atoms with van der Waals surface area (Å²) in [4.78, 5) is 22.7. The van der Waals surface area contributed by atoms with Crippen molar-refractivity contribution in [3.8, 4) is 17.1 Å². The Balaban J connectivity index is 2.13. The van der Waals surface area contributed by atoms with E-state index in [0.29, 0.717) is 29.2 Å². The molecule has 0 atom stereocenters. The van der Waals surface area contributed by atoms with E-state index in [0.717, 1.165) is 0 Å². The van der Waals surface area contributed by atoms with Gasteiger partial charge in [-0.15, -0.1) is 0 Å². The van der Waals surface area contributed by atoms with Crippen LogP contribution in [-0.4, -0.2) is 29.2 Å². The van der Waals surface area contributed by atoms with Crippen LogP contribution in [0.2, 0.25) is 0 Å². The number of nitrogens with one attached hydrogen (secondary N) is 2. The normalized spacial score (nSPS) is 10.5. The Kier molecular flexibility index (Phi) is 6.35. The summed E-state index contributed by atoms with van der Waals surface area (Å²) in [6.07, 6.45) is 0.383. The average molecular weight is 376 g/mol. The third-order valence-electron chi connectivity index (χ3n) is 3.39. The van der Waals surface area contributed by atoms with Crippen molar-refractivity contribution in [1.29, 1.82) is 0 Å². The maximum Gasteiger partial charge on any atom is 0.371 e. The first-order chi connectivity index (χ1) is 12.3. The van der Waals surface area contributed by atoms with Crippen LogP contribution in [0.4, 0.5) is 5.69 Å². The molecule has 0 saturated heterocycles. The maximum atomic E-state index is 11.8. The van der Waals surface area contributed by atoms with E-state index in [4.69, 9.17) is 26.5 Å². The summed E-state index contributed by atoms with van der Waals surface area (Å²) in [5.41, 5.74) is 1.21. The molecule has 26 heavy (non-hydrogen) atoms. The van der Waals surface area contributed by atoms with E-state index in [1.54, 1.807) is 24.3 Å². The molecule has 138 valence electrons. The largest absolute Gasteiger partial charge is 0.496 e. The summed E-state index contributed by atoms with van der Waals surface area (Å²) in [6.45, 7) is 3.90. The molecule has 0 fully saturated rings. The number of methoxy groups -OCH3 is 1. The Morgan fingerprint density at radius 3 is 2.58 bits per heavy atom. The minimum absolute atomic E-state index is 0.154. The Morgan fingerprint density at radius 2 is 2.00 bits per heavy atom. The number of anilines is 1. The Hall–Kier alpha value is -2.87. The Labute approximate surface area is 156 Å². The SMILES string of the molecule is COc1cc(NC(=S)NC(=O)CC(C)C)ccc1-c1ccc(C(=O)O)o1. The number of carboxylic acids is 1. The van der Waals surface area contributed by atoms with E-state index in [-0.39, 0.29) is 22.7 Å². The van der Waals surface area contributed by atoms with Gasteiger partial charge < -0.3 is 24.9 Å². The molecule has 1 aromatic heterocycles. The van der Waals surface area contributed by atoms with Crippen LogP contribution in [0, 0.1) is 5.92 Å². The number of aromatic carboxylic acids is 1. The number of carbonyl (C=O) groups is 2. The van der Waals surface area contributed by atoms with Crippen molar-refractivity contribution < 1.29 is 23.8 Å². The highest BCUT2D eigenvalue weighted by Crippen LogP contribution is 2.33. The molecule has 2 rings (SSSR count). The van der Waals surface area contributed by atoms with Crippen molar-refractivity contribution in [2.24, 2.45) is 5.92 Å². The zero-order valence-electron chi connectivity index (χ0n) is 14.7. The summed E-state index contributed by atoms with van der Waals surface area (Å²) in [5.74, 6) is -0.371. The van der Waals surface area contributed by atoms with Crippen LogP contribution < -0.4 is 15.4 Å². The molecule has 3 N–H and O–H groups in total. The van der Waals surface area contributed by atoms with Gasteiger partial charge in [0.1, 0.15) is 11.5 Å². The molecule has 1 heterocycles. The second-order valence-electron chi connectivity index (χ2n) is 5.98. The van der Waals surface area contributed by atoms with Crippen LogP contribution in [-0.2, 0) is 4.79 Å². The van der Waals surface area contributed by atoms with Gasteiger partial charge in [0.05, 0.1) is 12.7 Å². The lowest BCUT2D eigenvalue weighted by Gasteiger charge is -2.13. The summed E-state index contributed by atoms with van der Waals surface area (Å²) in [6, 6.07) is 8.05. The molecular formula is C18H20N2O5S. The second kappa shape index (κ2) is 8.48. The van der Waals surface area contributed by atoms with E-state index in [1.165, 1.54) is 13.2 Å². The van der Waals surface area contributed by atoms with Gasteiger partial charge in [-0.05, 0) is 42.4 Å². The van der Waals surface area contributed by atoms with Crippen molar-refractivity contribution in [2.45, 2.75) is 20.3 Å². The van der Waals surface area contributed by atoms with Crippen LogP contribution in [0.15, 0.2) is 34.7 Å². The third-order valence-corrected chi connectivity index (χ3v) is 3.59. The minimum Gasteiger partial charge on any atom is -0.496 e. The van der Waals surface area contributed by atoms with Gasteiger partial charge in [0.2, 0.25) is 11.7 Å². The number of furan rings is 1. The molecule has 0 saturated carbocycles. The minimum atomic E-state index is -1.14. The predicted octanol–water partition coefficient (Wildman–Crippen LogP) is 3.51. The van der Waals surface area contributed by atoms with E-state index in [2.05, 4.69) is 10.6 Å². The molecule has 7 nitrogen and oxygen atoms in total. The first-order valence-corrected chi connectivity index (χ1v) is 8.33. The molecule has 2 aromatic rings. The molecule has 0 spiro atoms. The average Bonchev–Trinajstić information content (AvgIpc) is 3.03. The van der Waals surface area contributed by atoms with Crippen LogP contribution in [0.5, 0.6) is 5.75 Å². The molecular weight excluding hydrogens is 356 g/mol. The molecule has 8 heteroatoms. The zero-order valence-corrected chi connectivity index (χ0v) is 15.5. The third kappa shape index (κ3) is 5.06. The van der Waals surface area contributed by atoms with Gasteiger partial charge in [-0.2, -0.15) is 0 Å². The fraction of sp³-hybridized carbons (Fsp3) is 0.278. The number of carbonyl (C=O) groups excluding carboxylic acids is 1. The van der Waals surface area contributed by atoms with Gasteiger partial charge in [-0.1, -0.05) is 13.8 Å². The van der Waals surface area contributed by atoms with E-state index in [9.17, 15) is 9.59 Å². The molecule has 0 aliphatic carbocycles. The van der Waals surface area contributed by atoms with Gasteiger partial charge in [0.15, 0.2) is 5.11 Å². The smallest absolute Gasteiger partial charge is 0.371 e. The van der Waals surface area contributed by atoms with Crippen molar-refractivity contribution in [2.75, 3.05) is 12.4 Å². The predicted molar refractivity (Wildman–Crippen MR) is 101 cm³/mol. The van der Waals surface area contributed by atoms with Gasteiger partial charge in [0, 0.05) is 18.2 Å². The molecule has 1 amide bonds. The molecule has 0 aliphatic heterocycles. The number of carboxylic acid groups (broad SMARTS) is 1. The highest BCUT2D eigenvalue weighted by Gasteiger charge is 2.15. The molecule has 0 unspecified atom stereocenters. The Bertz CT molecular complexity index is 829. The van der Waals surface area contributed by atoms with Crippen LogP contribution >= 0.6 is 12.2 Å². The number of hydrogen-bond donors (Lipinski definition) is 3. The number of amides is 1. The number of thiocarbonyl (C=S) groups is 1. The van der Waals surface area contributed by atoms with E-state index < -0.39 is 5.97 Å². The van der Waals surface area contributed by atoms with Crippen molar-refractivity contribution in [3.05, 3.63) is 36.1 Å². The monoisotopic (exact) mass is 376 g/mol. The summed E-state index contributed by atoms with van der Waals surface area (Å²) < 4.78 is 10.6. The van der Waals surface area contributed by atoms with E-state index in [1.807, 2.05) is 13.8 Å². The van der Waals surface area contributed by atoms with Gasteiger partial charge in [0.25, 0.3) is 0 Å². The molecule has 0 radical (unpaired) electrons. The standard InChI is InChI=1S/C18H20N2O5S/c1-10(2)8-16(21)20-18(26)19-11-4-5-12(15(9-11)24-3)13-6-7-14(25-13)17(22)23/h4-7,9-10H,8H2,1-3H3,(H,22,23)(H2,19,20,21,26). The van der Waals surface area contributed by atoms with Crippen molar-refractivity contribution in [3.63, 3.8) is 0 Å². The lowest BCUT2D eigenvalue weighted by atomic mass is 10.1. The fourth-order valence-electron chi connectivity index (χ4n) is 2.28. The van der Waals surface area contributed by atoms with Gasteiger partial charge >= 0.3 is 5.97 Å². The van der Waals surface area contributed by atoms with Gasteiger partial charge in [-0.3, -0.25) is 4.79 Å². The number of hydrogen-bond acceptors (Lipinski definition) is 5. The Morgan fingerprint density at radius 1 is 1.27 bits per heavy atom. The summed E-state index contributed by atoms with van der Waals surface area (Å²) >= 11 is 5.14. The maximum absolute atomic E-state index is 11.8. The summed E-state index contributed by atoms with van der Waals surface area (Å²) in [5, 5.41) is 14.7. The highest BCUT2D eigenvalue weighted by molar-refractivity contribution is 7.80. The molecule has 1 aromatic carbocycles. The van der Waals surface area contributed by atoms with Crippen LogP contribution in [0.25, 0.3) is 11.3 Å². The van der Waals surface area contributed by atoms with E-state index >= 15 is 0 Å². The van der Waals surface area contributed by atoms with Crippen LogP contribution in [0.3, 0.4) is 0 Å². The topological polar surface area (TPSA) is 101 Å². The van der Waals surface area contributed by atoms with Crippen molar-refractivity contribution in [1.82, 2.24) is 5.32 Å². The second-order valence-corrected chi connectivity index (χ2v) is 6.39. The zero-order chi connectivity index (χ0) is 19.3. The number of rotatable bonds is 6. The fourth-order valence-corrected chi connectivity index (χ4v) is 2.51. The number of benzene rings is 1. The summed E-state index contributed by atoms with van der Waals surface area (Å²) in [7, 11) is 1.49. The van der Waals surface area contributed by atoms with Crippen LogP contribution in [0.1, 0.15) is 30.8 Å². The quantitative estimate of drug-likeness (QED) is 0.663. The number of ether oxygens (including phenoxy) is 1. The first kappa shape index (κ1) is 19.5. The molecule has 0 aliphatic rings. The highest BCUT2D eigenvalue weighted by atomic mass is 32.1. The first-order valence-electron chi connectivity index (χ1n) is 7.92. The van der Waals surface area contributed by atoms with Crippen molar-refractivity contribution >= 4 is 34.9 Å². The lowest BCUT2D eigenvalue weighted by molar-refractivity contribution is -0.120. The molecule has 0 bridgehead atoms. The lowest BCUT2D eigenvalue weighted by Crippen LogP contribution is -2.34. The van der Waals surface area contributed by atoms with Gasteiger partial charge in [-0.25, -0.2) is 4.79 Å².